The lowest BCUT2D eigenvalue weighted by Crippen LogP contribution is -2.41. The van der Waals surface area contributed by atoms with Gasteiger partial charge in [-0.05, 0) is 17.7 Å². The molecule has 0 radical (unpaired) electrons. The van der Waals surface area contributed by atoms with Crippen LogP contribution in [0.2, 0.25) is 0 Å². The van der Waals surface area contributed by atoms with Gasteiger partial charge >= 0.3 is 6.03 Å². The molecule has 5 heteroatoms. The van der Waals surface area contributed by atoms with Crippen molar-refractivity contribution in [3.8, 4) is 0 Å². The van der Waals surface area contributed by atoms with Gasteiger partial charge in [-0.1, -0.05) is 24.8 Å². The molecule has 0 aromatic heterocycles. The highest BCUT2D eigenvalue weighted by Gasteiger charge is 2.14. The summed E-state index contributed by atoms with van der Waals surface area (Å²) < 4.78 is 10.7. The maximum Gasteiger partial charge on any atom is 0.319 e. The van der Waals surface area contributed by atoms with Gasteiger partial charge in [0.1, 0.15) is 0 Å². The van der Waals surface area contributed by atoms with Gasteiger partial charge in [0.15, 0.2) is 0 Å². The van der Waals surface area contributed by atoms with Crippen LogP contribution in [0.1, 0.15) is 5.56 Å². The predicted octanol–water partition coefficient (Wildman–Crippen LogP) is 1.87. The van der Waals surface area contributed by atoms with E-state index < -0.39 is 0 Å². The van der Waals surface area contributed by atoms with E-state index in [9.17, 15) is 4.79 Å². The molecule has 1 fully saturated rings. The Hall–Kier alpha value is -1.85. The first-order valence-corrected chi connectivity index (χ1v) is 6.24. The van der Waals surface area contributed by atoms with Crippen molar-refractivity contribution in [2.45, 2.75) is 6.10 Å². The summed E-state index contributed by atoms with van der Waals surface area (Å²) in [6, 6.07) is 7.19. The van der Waals surface area contributed by atoms with Crippen molar-refractivity contribution in [3.05, 3.63) is 36.4 Å². The molecule has 1 aromatic rings. The van der Waals surface area contributed by atoms with Crippen LogP contribution in [0.25, 0.3) is 6.08 Å². The summed E-state index contributed by atoms with van der Waals surface area (Å²) in [6.07, 6.45) is 1.69. The van der Waals surface area contributed by atoms with Gasteiger partial charge in [0, 0.05) is 12.2 Å². The number of amides is 2. The van der Waals surface area contributed by atoms with Crippen molar-refractivity contribution in [3.63, 3.8) is 0 Å². The number of rotatable bonds is 4. The van der Waals surface area contributed by atoms with E-state index in [1.807, 2.05) is 24.3 Å². The zero-order valence-corrected chi connectivity index (χ0v) is 10.7. The number of urea groups is 1. The van der Waals surface area contributed by atoms with E-state index in [-0.39, 0.29) is 12.1 Å². The van der Waals surface area contributed by atoms with Crippen LogP contribution in [0.4, 0.5) is 10.5 Å². The number of carbonyl (C=O) groups is 1. The van der Waals surface area contributed by atoms with Gasteiger partial charge in [-0.15, -0.1) is 0 Å². The molecule has 1 aliphatic heterocycles. The molecule has 0 aliphatic carbocycles. The highest BCUT2D eigenvalue weighted by molar-refractivity contribution is 5.89. The summed E-state index contributed by atoms with van der Waals surface area (Å²) in [6.45, 7) is 5.84. The predicted molar refractivity (Wildman–Crippen MR) is 74.1 cm³/mol. The third-order valence-corrected chi connectivity index (χ3v) is 2.78. The van der Waals surface area contributed by atoms with Crippen LogP contribution >= 0.6 is 0 Å². The Kier molecular flexibility index (Phi) is 4.94. The van der Waals surface area contributed by atoms with Gasteiger partial charge in [0.25, 0.3) is 0 Å². The summed E-state index contributed by atoms with van der Waals surface area (Å²) >= 11 is 0. The van der Waals surface area contributed by atoms with E-state index in [1.54, 1.807) is 6.08 Å². The second kappa shape index (κ2) is 6.92. The van der Waals surface area contributed by atoms with Gasteiger partial charge in [-0.25, -0.2) is 4.79 Å². The van der Waals surface area contributed by atoms with Crippen molar-refractivity contribution in [1.29, 1.82) is 0 Å². The van der Waals surface area contributed by atoms with Gasteiger partial charge in [-0.3, -0.25) is 0 Å². The minimum atomic E-state index is -0.250. The molecule has 19 heavy (non-hydrogen) atoms. The van der Waals surface area contributed by atoms with Gasteiger partial charge in [0.05, 0.1) is 25.9 Å². The highest BCUT2D eigenvalue weighted by Crippen LogP contribution is 2.10. The third kappa shape index (κ3) is 4.39. The number of carbonyl (C=O) groups excluding carboxylic acids is 1. The lowest BCUT2D eigenvalue weighted by atomic mass is 10.2. The van der Waals surface area contributed by atoms with E-state index in [1.165, 1.54) is 0 Å². The standard InChI is InChI=1S/C14H18N2O3/c1-2-11-3-5-12(6-4-11)16-14(17)15-9-13-10-18-7-8-19-13/h2-6,13H,1,7-10H2,(H2,15,16,17). The lowest BCUT2D eigenvalue weighted by molar-refractivity contribution is -0.0852. The van der Waals surface area contributed by atoms with Gasteiger partial charge in [0.2, 0.25) is 0 Å². The number of nitrogens with one attached hydrogen (secondary N) is 2. The molecular formula is C14H18N2O3. The third-order valence-electron chi connectivity index (χ3n) is 2.78. The average Bonchev–Trinajstić information content (AvgIpc) is 2.47. The second-order valence-electron chi connectivity index (χ2n) is 4.23. The number of hydrogen-bond donors (Lipinski definition) is 2. The Morgan fingerprint density at radius 3 is 2.79 bits per heavy atom. The first-order chi connectivity index (χ1) is 9.28. The van der Waals surface area contributed by atoms with Crippen LogP contribution in [-0.4, -0.2) is 38.5 Å². The molecule has 1 saturated heterocycles. The van der Waals surface area contributed by atoms with Crippen molar-refractivity contribution in [2.24, 2.45) is 0 Å². The normalized spacial score (nSPS) is 18.6. The molecule has 5 nitrogen and oxygen atoms in total. The maximum atomic E-state index is 11.7. The molecule has 0 spiro atoms. The van der Waals surface area contributed by atoms with E-state index >= 15 is 0 Å². The number of benzene rings is 1. The van der Waals surface area contributed by atoms with Crippen LogP contribution in [0.5, 0.6) is 0 Å². The SMILES string of the molecule is C=Cc1ccc(NC(=O)NCC2COCCO2)cc1. The minimum Gasteiger partial charge on any atom is -0.376 e. The van der Waals surface area contributed by atoms with Crippen LogP contribution in [-0.2, 0) is 9.47 Å². The lowest BCUT2D eigenvalue weighted by Gasteiger charge is -2.23. The van der Waals surface area contributed by atoms with Crippen molar-refractivity contribution in [1.82, 2.24) is 5.32 Å². The van der Waals surface area contributed by atoms with Crippen LogP contribution in [0, 0.1) is 0 Å². The number of anilines is 1. The van der Waals surface area contributed by atoms with Crippen molar-refractivity contribution in [2.75, 3.05) is 31.7 Å². The molecule has 1 aromatic carbocycles. The van der Waals surface area contributed by atoms with Gasteiger partial charge in [-0.2, -0.15) is 0 Å². The fourth-order valence-corrected chi connectivity index (χ4v) is 1.74. The molecule has 1 aliphatic rings. The summed E-state index contributed by atoms with van der Waals surface area (Å²) in [5.41, 5.74) is 1.75. The Labute approximate surface area is 112 Å². The van der Waals surface area contributed by atoms with Gasteiger partial charge < -0.3 is 20.1 Å². The van der Waals surface area contributed by atoms with Crippen molar-refractivity contribution >= 4 is 17.8 Å². The topological polar surface area (TPSA) is 59.6 Å². The fraction of sp³-hybridized carbons (Fsp3) is 0.357. The van der Waals surface area contributed by atoms with Crippen molar-refractivity contribution < 1.29 is 14.3 Å². The van der Waals surface area contributed by atoms with E-state index in [0.717, 1.165) is 11.3 Å². The smallest absolute Gasteiger partial charge is 0.319 e. The summed E-state index contributed by atoms with van der Waals surface area (Å²) in [5, 5.41) is 5.51. The van der Waals surface area contributed by atoms with Crippen LogP contribution < -0.4 is 10.6 Å². The first-order valence-electron chi connectivity index (χ1n) is 6.24. The molecule has 2 amide bonds. The first kappa shape index (κ1) is 13.6. The molecule has 2 rings (SSSR count). The molecule has 1 heterocycles. The summed E-state index contributed by atoms with van der Waals surface area (Å²) in [7, 11) is 0. The second-order valence-corrected chi connectivity index (χ2v) is 4.23. The monoisotopic (exact) mass is 262 g/mol. The molecule has 102 valence electrons. The minimum absolute atomic E-state index is 0.0670. The summed E-state index contributed by atoms with van der Waals surface area (Å²) in [4.78, 5) is 11.7. The molecule has 0 saturated carbocycles. The zero-order valence-electron chi connectivity index (χ0n) is 10.7. The molecule has 0 bridgehead atoms. The van der Waals surface area contributed by atoms with E-state index in [4.69, 9.17) is 9.47 Å². The Balaban J connectivity index is 1.75. The Bertz CT molecular complexity index is 425. The average molecular weight is 262 g/mol. The van der Waals surface area contributed by atoms with Crippen LogP contribution in [0.15, 0.2) is 30.8 Å². The quantitative estimate of drug-likeness (QED) is 0.870. The molecule has 2 N–H and O–H groups in total. The fourth-order valence-electron chi connectivity index (χ4n) is 1.74. The number of ether oxygens (including phenoxy) is 2. The summed E-state index contributed by atoms with van der Waals surface area (Å²) in [5.74, 6) is 0. The van der Waals surface area contributed by atoms with E-state index in [2.05, 4.69) is 17.2 Å². The zero-order chi connectivity index (χ0) is 13.5. The highest BCUT2D eigenvalue weighted by atomic mass is 16.6. The Morgan fingerprint density at radius 2 is 2.16 bits per heavy atom. The molecule has 1 atom stereocenters. The largest absolute Gasteiger partial charge is 0.376 e. The van der Waals surface area contributed by atoms with E-state index in [0.29, 0.717) is 26.4 Å². The Morgan fingerprint density at radius 1 is 1.37 bits per heavy atom. The molecule has 1 unspecified atom stereocenters. The number of hydrogen-bond acceptors (Lipinski definition) is 3. The molecular weight excluding hydrogens is 244 g/mol. The van der Waals surface area contributed by atoms with Crippen LogP contribution in [0.3, 0.4) is 0 Å². The maximum absolute atomic E-state index is 11.7.